The maximum absolute atomic E-state index is 13.2. The summed E-state index contributed by atoms with van der Waals surface area (Å²) in [6.45, 7) is 2.03. The van der Waals surface area contributed by atoms with Crippen LogP contribution in [0.5, 0.6) is 11.8 Å². The van der Waals surface area contributed by atoms with E-state index in [0.717, 1.165) is 18.4 Å². The molecule has 0 aliphatic heterocycles. The molecule has 1 atom stereocenters. The third-order valence-electron chi connectivity index (χ3n) is 2.75. The number of aromatic nitrogens is 2. The summed E-state index contributed by atoms with van der Waals surface area (Å²) in [6.07, 6.45) is 4.97. The number of halogens is 2. The van der Waals surface area contributed by atoms with Crippen molar-refractivity contribution in [1.82, 2.24) is 9.97 Å². The Bertz CT molecular complexity index is 557. The summed E-state index contributed by atoms with van der Waals surface area (Å²) in [5, 5.41) is 0. The first-order chi connectivity index (χ1) is 9.56. The first kappa shape index (κ1) is 14.9. The highest BCUT2D eigenvalue weighted by atomic mass is 79.9. The summed E-state index contributed by atoms with van der Waals surface area (Å²) in [5.41, 5.74) is 6.82. The summed E-state index contributed by atoms with van der Waals surface area (Å²) in [4.78, 5) is 8.19. The van der Waals surface area contributed by atoms with E-state index in [0.29, 0.717) is 10.2 Å². The monoisotopic (exact) mass is 339 g/mol. The Labute approximate surface area is 125 Å². The highest BCUT2D eigenvalue weighted by Crippen LogP contribution is 2.23. The summed E-state index contributed by atoms with van der Waals surface area (Å²) in [6, 6.07) is 4.55. The quantitative estimate of drug-likeness (QED) is 0.906. The van der Waals surface area contributed by atoms with E-state index < -0.39 is 0 Å². The first-order valence-electron chi connectivity index (χ1n) is 6.27. The number of ether oxygens (including phenoxy) is 1. The molecule has 0 aliphatic carbocycles. The van der Waals surface area contributed by atoms with Gasteiger partial charge < -0.3 is 10.5 Å². The van der Waals surface area contributed by atoms with Gasteiger partial charge in [0, 0.05) is 29.0 Å². The Morgan fingerprint density at radius 3 is 2.60 bits per heavy atom. The molecule has 0 bridgehead atoms. The number of hydrogen-bond acceptors (Lipinski definition) is 4. The molecule has 6 heteroatoms. The normalized spacial score (nSPS) is 12.2. The molecule has 0 fully saturated rings. The average molecular weight is 340 g/mol. The van der Waals surface area contributed by atoms with Gasteiger partial charge in [0.1, 0.15) is 11.6 Å². The molecule has 1 aromatic heterocycles. The Morgan fingerprint density at radius 2 is 2.00 bits per heavy atom. The standard InChI is InChI=1S/C14H15BrFN3O/c1-2-12(17)3-9-7-18-14(19-8-9)20-13-5-10(15)4-11(16)6-13/h4-8,12H,2-3,17H2,1H3. The second kappa shape index (κ2) is 6.76. The van der Waals surface area contributed by atoms with Crippen molar-refractivity contribution in [3.05, 3.63) is 46.4 Å². The zero-order valence-corrected chi connectivity index (χ0v) is 12.6. The van der Waals surface area contributed by atoms with Crippen LogP contribution in [0.2, 0.25) is 0 Å². The van der Waals surface area contributed by atoms with Gasteiger partial charge in [-0.05, 0) is 30.5 Å². The van der Waals surface area contributed by atoms with Crippen molar-refractivity contribution in [2.75, 3.05) is 0 Å². The fourth-order valence-corrected chi connectivity index (χ4v) is 2.09. The van der Waals surface area contributed by atoms with Gasteiger partial charge in [0.05, 0.1) is 0 Å². The van der Waals surface area contributed by atoms with Crippen LogP contribution in [0.25, 0.3) is 0 Å². The second-order valence-corrected chi connectivity index (χ2v) is 5.37. The number of hydrogen-bond donors (Lipinski definition) is 1. The highest BCUT2D eigenvalue weighted by Gasteiger charge is 2.06. The summed E-state index contributed by atoms with van der Waals surface area (Å²) >= 11 is 3.20. The zero-order valence-electron chi connectivity index (χ0n) is 11.0. The van der Waals surface area contributed by atoms with Crippen LogP contribution in [0.1, 0.15) is 18.9 Å². The lowest BCUT2D eigenvalue weighted by Gasteiger charge is -2.08. The molecule has 1 unspecified atom stereocenters. The maximum Gasteiger partial charge on any atom is 0.321 e. The SMILES string of the molecule is CCC(N)Cc1cnc(Oc2cc(F)cc(Br)c2)nc1. The van der Waals surface area contributed by atoms with Gasteiger partial charge >= 0.3 is 6.01 Å². The van der Waals surface area contributed by atoms with E-state index in [1.165, 1.54) is 12.1 Å². The predicted molar refractivity (Wildman–Crippen MR) is 78.2 cm³/mol. The van der Waals surface area contributed by atoms with E-state index in [1.807, 2.05) is 6.92 Å². The van der Waals surface area contributed by atoms with Crippen molar-refractivity contribution < 1.29 is 9.13 Å². The molecule has 106 valence electrons. The first-order valence-corrected chi connectivity index (χ1v) is 7.06. The fraction of sp³-hybridized carbons (Fsp3) is 0.286. The van der Waals surface area contributed by atoms with E-state index in [4.69, 9.17) is 10.5 Å². The number of nitrogens with two attached hydrogens (primary N) is 1. The van der Waals surface area contributed by atoms with Crippen molar-refractivity contribution in [1.29, 1.82) is 0 Å². The predicted octanol–water partition coefficient (Wildman–Crippen LogP) is 3.45. The Hall–Kier alpha value is -1.53. The summed E-state index contributed by atoms with van der Waals surface area (Å²) in [5.74, 6) is -0.0465. The van der Waals surface area contributed by atoms with E-state index in [2.05, 4.69) is 25.9 Å². The van der Waals surface area contributed by atoms with Crippen LogP contribution in [-0.2, 0) is 6.42 Å². The van der Waals surface area contributed by atoms with Crippen molar-refractivity contribution in [2.24, 2.45) is 5.73 Å². The zero-order chi connectivity index (χ0) is 14.5. The smallest absolute Gasteiger partial charge is 0.321 e. The van der Waals surface area contributed by atoms with Crippen LogP contribution in [0.4, 0.5) is 4.39 Å². The van der Waals surface area contributed by atoms with Crippen LogP contribution < -0.4 is 10.5 Å². The van der Waals surface area contributed by atoms with Gasteiger partial charge in [-0.2, -0.15) is 0 Å². The Kier molecular flexibility index (Phi) is 5.03. The summed E-state index contributed by atoms with van der Waals surface area (Å²) in [7, 11) is 0. The molecule has 0 radical (unpaired) electrons. The number of rotatable bonds is 5. The van der Waals surface area contributed by atoms with Crippen LogP contribution >= 0.6 is 15.9 Å². The summed E-state index contributed by atoms with van der Waals surface area (Å²) < 4.78 is 19.2. The number of nitrogens with zero attached hydrogens (tertiary/aromatic N) is 2. The fourth-order valence-electron chi connectivity index (χ4n) is 1.64. The lowest BCUT2D eigenvalue weighted by Crippen LogP contribution is -2.21. The molecule has 20 heavy (non-hydrogen) atoms. The molecule has 0 spiro atoms. The molecule has 0 aliphatic rings. The molecule has 2 N–H and O–H groups in total. The molecular formula is C14H15BrFN3O. The van der Waals surface area contributed by atoms with Gasteiger partial charge in [-0.25, -0.2) is 14.4 Å². The molecular weight excluding hydrogens is 325 g/mol. The average Bonchev–Trinajstić information content (AvgIpc) is 2.39. The van der Waals surface area contributed by atoms with Crippen LogP contribution in [0, 0.1) is 5.82 Å². The molecule has 0 saturated carbocycles. The largest absolute Gasteiger partial charge is 0.424 e. The van der Waals surface area contributed by atoms with Crippen molar-refractivity contribution in [3.63, 3.8) is 0 Å². The lowest BCUT2D eigenvalue weighted by atomic mass is 10.1. The highest BCUT2D eigenvalue weighted by molar-refractivity contribution is 9.10. The maximum atomic E-state index is 13.2. The van der Waals surface area contributed by atoms with Crippen molar-refractivity contribution in [3.8, 4) is 11.8 Å². The third-order valence-corrected chi connectivity index (χ3v) is 3.21. The van der Waals surface area contributed by atoms with E-state index in [-0.39, 0.29) is 17.9 Å². The molecule has 1 aromatic carbocycles. The van der Waals surface area contributed by atoms with Gasteiger partial charge in [0.15, 0.2) is 0 Å². The van der Waals surface area contributed by atoms with Gasteiger partial charge in [-0.1, -0.05) is 22.9 Å². The Morgan fingerprint density at radius 1 is 1.30 bits per heavy atom. The molecule has 0 saturated heterocycles. The van der Waals surface area contributed by atoms with Gasteiger partial charge in [-0.3, -0.25) is 0 Å². The third kappa shape index (κ3) is 4.25. The lowest BCUT2D eigenvalue weighted by molar-refractivity contribution is 0.436. The minimum atomic E-state index is -0.389. The molecule has 0 amide bonds. The van der Waals surface area contributed by atoms with Gasteiger partial charge in [-0.15, -0.1) is 0 Å². The van der Waals surface area contributed by atoms with Crippen LogP contribution in [0.3, 0.4) is 0 Å². The van der Waals surface area contributed by atoms with Crippen LogP contribution in [-0.4, -0.2) is 16.0 Å². The van der Waals surface area contributed by atoms with E-state index in [9.17, 15) is 4.39 Å². The van der Waals surface area contributed by atoms with Crippen molar-refractivity contribution in [2.45, 2.75) is 25.8 Å². The number of benzene rings is 1. The molecule has 2 rings (SSSR count). The molecule has 1 heterocycles. The minimum absolute atomic E-state index is 0.101. The topological polar surface area (TPSA) is 61.0 Å². The van der Waals surface area contributed by atoms with Gasteiger partial charge in [0.25, 0.3) is 0 Å². The minimum Gasteiger partial charge on any atom is -0.424 e. The molecule has 4 nitrogen and oxygen atoms in total. The molecule has 2 aromatic rings. The second-order valence-electron chi connectivity index (χ2n) is 4.45. The van der Waals surface area contributed by atoms with Crippen LogP contribution in [0.15, 0.2) is 35.1 Å². The Balaban J connectivity index is 2.06. The van der Waals surface area contributed by atoms with Crippen molar-refractivity contribution >= 4 is 15.9 Å². The van der Waals surface area contributed by atoms with E-state index in [1.54, 1.807) is 18.5 Å². The van der Waals surface area contributed by atoms with E-state index >= 15 is 0 Å². The van der Waals surface area contributed by atoms with Gasteiger partial charge in [0.2, 0.25) is 0 Å².